The van der Waals surface area contributed by atoms with E-state index in [4.69, 9.17) is 4.74 Å². The van der Waals surface area contributed by atoms with Crippen molar-refractivity contribution in [3.05, 3.63) is 17.8 Å². The second kappa shape index (κ2) is 8.47. The molecule has 0 spiro atoms. The zero-order chi connectivity index (χ0) is 17.5. The van der Waals surface area contributed by atoms with Crippen LogP contribution in [0.15, 0.2) is 12.1 Å². The highest BCUT2D eigenvalue weighted by molar-refractivity contribution is 5.92. The Balaban J connectivity index is 1.89. The molecule has 132 valence electrons. The summed E-state index contributed by atoms with van der Waals surface area (Å²) in [5.41, 5.74) is 0.314. The van der Waals surface area contributed by atoms with Gasteiger partial charge in [-0.15, -0.1) is 10.2 Å². The van der Waals surface area contributed by atoms with Crippen molar-refractivity contribution in [1.29, 1.82) is 0 Å². The maximum Gasteiger partial charge on any atom is 0.409 e. The van der Waals surface area contributed by atoms with Gasteiger partial charge >= 0.3 is 6.09 Å². The zero-order valence-electron chi connectivity index (χ0n) is 14.5. The number of aromatic nitrogens is 2. The highest BCUT2D eigenvalue weighted by Gasteiger charge is 2.26. The standard InChI is InChI=1S/C16H25N5O3/c1-4-12(3)17-14-7-6-13(18-19-14)15(22)20-8-10-21(11-9-20)16(23)24-5-2/h6-7,12H,4-5,8-11H2,1-3H3,(H,17,19). The molecule has 0 bridgehead atoms. The number of rotatable bonds is 5. The number of ether oxygens (including phenoxy) is 1. The van der Waals surface area contributed by atoms with Crippen LogP contribution in [0.4, 0.5) is 10.6 Å². The first-order valence-corrected chi connectivity index (χ1v) is 8.36. The first-order valence-electron chi connectivity index (χ1n) is 8.36. The van der Waals surface area contributed by atoms with Crippen molar-refractivity contribution < 1.29 is 14.3 Å². The van der Waals surface area contributed by atoms with E-state index in [1.807, 2.05) is 0 Å². The quantitative estimate of drug-likeness (QED) is 0.879. The summed E-state index contributed by atoms with van der Waals surface area (Å²) >= 11 is 0. The van der Waals surface area contributed by atoms with E-state index in [9.17, 15) is 9.59 Å². The van der Waals surface area contributed by atoms with Crippen molar-refractivity contribution in [3.63, 3.8) is 0 Å². The van der Waals surface area contributed by atoms with E-state index in [2.05, 4.69) is 29.4 Å². The summed E-state index contributed by atoms with van der Waals surface area (Å²) in [5, 5.41) is 11.3. The van der Waals surface area contributed by atoms with Gasteiger partial charge in [-0.3, -0.25) is 4.79 Å². The van der Waals surface area contributed by atoms with Gasteiger partial charge in [-0.25, -0.2) is 4.79 Å². The Labute approximate surface area is 142 Å². The first-order chi connectivity index (χ1) is 11.5. The largest absolute Gasteiger partial charge is 0.450 e. The maximum atomic E-state index is 12.5. The molecule has 24 heavy (non-hydrogen) atoms. The fourth-order valence-corrected chi connectivity index (χ4v) is 2.35. The highest BCUT2D eigenvalue weighted by Crippen LogP contribution is 2.10. The minimum Gasteiger partial charge on any atom is -0.450 e. The number of carbonyl (C=O) groups excluding carboxylic acids is 2. The monoisotopic (exact) mass is 335 g/mol. The predicted octanol–water partition coefficient (Wildman–Crippen LogP) is 1.60. The molecule has 1 saturated heterocycles. The SMILES string of the molecule is CCOC(=O)N1CCN(C(=O)c2ccc(NC(C)CC)nn2)CC1. The Hall–Kier alpha value is -2.38. The third-order valence-electron chi connectivity index (χ3n) is 3.98. The Kier molecular flexibility index (Phi) is 6.34. The lowest BCUT2D eigenvalue weighted by molar-refractivity contribution is 0.0565. The van der Waals surface area contributed by atoms with Gasteiger partial charge in [-0.05, 0) is 32.4 Å². The molecule has 1 aliphatic rings. The van der Waals surface area contributed by atoms with Crippen molar-refractivity contribution in [3.8, 4) is 0 Å². The maximum absolute atomic E-state index is 12.5. The smallest absolute Gasteiger partial charge is 0.409 e. The van der Waals surface area contributed by atoms with Crippen LogP contribution in [-0.2, 0) is 4.74 Å². The molecule has 2 amide bonds. The number of carbonyl (C=O) groups is 2. The van der Waals surface area contributed by atoms with Crippen LogP contribution in [0, 0.1) is 0 Å². The summed E-state index contributed by atoms with van der Waals surface area (Å²) in [4.78, 5) is 27.4. The third-order valence-corrected chi connectivity index (χ3v) is 3.98. The van der Waals surface area contributed by atoms with Gasteiger partial charge in [0.25, 0.3) is 5.91 Å². The second-order valence-electron chi connectivity index (χ2n) is 5.74. The molecule has 1 fully saturated rings. The number of hydrogen-bond acceptors (Lipinski definition) is 6. The molecule has 0 aliphatic carbocycles. The van der Waals surface area contributed by atoms with Crippen LogP contribution in [0.25, 0.3) is 0 Å². The number of piperazine rings is 1. The molecule has 1 N–H and O–H groups in total. The molecule has 0 saturated carbocycles. The molecule has 2 rings (SSSR count). The highest BCUT2D eigenvalue weighted by atomic mass is 16.6. The molecule has 2 heterocycles. The normalized spacial score (nSPS) is 15.8. The molecule has 1 atom stereocenters. The molecular weight excluding hydrogens is 310 g/mol. The Bertz CT molecular complexity index is 555. The zero-order valence-corrected chi connectivity index (χ0v) is 14.5. The van der Waals surface area contributed by atoms with Gasteiger partial charge in [0.1, 0.15) is 5.82 Å². The lowest BCUT2D eigenvalue weighted by atomic mass is 10.2. The summed E-state index contributed by atoms with van der Waals surface area (Å²) in [7, 11) is 0. The summed E-state index contributed by atoms with van der Waals surface area (Å²) in [6, 6.07) is 3.75. The van der Waals surface area contributed by atoms with Crippen molar-refractivity contribution in [2.75, 3.05) is 38.1 Å². The third kappa shape index (κ3) is 4.56. The van der Waals surface area contributed by atoms with E-state index in [0.29, 0.717) is 50.3 Å². The lowest BCUT2D eigenvalue weighted by Gasteiger charge is -2.33. The molecular formula is C16H25N5O3. The topological polar surface area (TPSA) is 87.7 Å². The van der Waals surface area contributed by atoms with E-state index >= 15 is 0 Å². The van der Waals surface area contributed by atoms with Crippen molar-refractivity contribution in [2.45, 2.75) is 33.2 Å². The van der Waals surface area contributed by atoms with Gasteiger partial charge in [0, 0.05) is 32.2 Å². The molecule has 8 nitrogen and oxygen atoms in total. The molecule has 1 aliphatic heterocycles. The van der Waals surface area contributed by atoms with Gasteiger partial charge < -0.3 is 19.9 Å². The lowest BCUT2D eigenvalue weighted by Crippen LogP contribution is -2.50. The first kappa shape index (κ1) is 18.0. The number of amides is 2. The van der Waals surface area contributed by atoms with Gasteiger partial charge in [0.15, 0.2) is 5.69 Å². The number of anilines is 1. The predicted molar refractivity (Wildman–Crippen MR) is 89.9 cm³/mol. The summed E-state index contributed by atoms with van der Waals surface area (Å²) in [5.74, 6) is 0.495. The minimum absolute atomic E-state index is 0.166. The summed E-state index contributed by atoms with van der Waals surface area (Å²) in [6.45, 7) is 8.12. The van der Waals surface area contributed by atoms with Crippen LogP contribution in [0.3, 0.4) is 0 Å². The van der Waals surface area contributed by atoms with E-state index in [0.717, 1.165) is 6.42 Å². The Morgan fingerprint density at radius 2 is 1.83 bits per heavy atom. The van der Waals surface area contributed by atoms with Gasteiger partial charge in [-0.2, -0.15) is 0 Å². The van der Waals surface area contributed by atoms with E-state index in [-0.39, 0.29) is 12.0 Å². The van der Waals surface area contributed by atoms with Crippen LogP contribution in [0.2, 0.25) is 0 Å². The number of hydrogen-bond donors (Lipinski definition) is 1. The fourth-order valence-electron chi connectivity index (χ4n) is 2.35. The van der Waals surface area contributed by atoms with Gasteiger partial charge in [0.05, 0.1) is 6.61 Å². The molecule has 0 radical (unpaired) electrons. The van der Waals surface area contributed by atoms with Crippen molar-refractivity contribution in [2.24, 2.45) is 0 Å². The van der Waals surface area contributed by atoms with E-state index in [1.165, 1.54) is 0 Å². The number of nitrogens with one attached hydrogen (secondary N) is 1. The minimum atomic E-state index is -0.329. The van der Waals surface area contributed by atoms with Crippen LogP contribution < -0.4 is 5.32 Å². The van der Waals surface area contributed by atoms with Crippen LogP contribution in [-0.4, -0.2) is 70.8 Å². The Morgan fingerprint density at radius 1 is 1.17 bits per heavy atom. The molecule has 0 aromatic carbocycles. The van der Waals surface area contributed by atoms with Crippen molar-refractivity contribution in [1.82, 2.24) is 20.0 Å². The van der Waals surface area contributed by atoms with Crippen LogP contribution in [0.5, 0.6) is 0 Å². The van der Waals surface area contributed by atoms with E-state index in [1.54, 1.807) is 28.9 Å². The van der Waals surface area contributed by atoms with Crippen LogP contribution >= 0.6 is 0 Å². The number of nitrogens with zero attached hydrogens (tertiary/aromatic N) is 4. The Morgan fingerprint density at radius 3 is 2.38 bits per heavy atom. The summed E-state index contributed by atoms with van der Waals surface area (Å²) in [6.07, 6.45) is 0.650. The van der Waals surface area contributed by atoms with Gasteiger partial charge in [-0.1, -0.05) is 6.92 Å². The summed E-state index contributed by atoms with van der Waals surface area (Å²) < 4.78 is 4.97. The van der Waals surface area contributed by atoms with E-state index < -0.39 is 0 Å². The average Bonchev–Trinajstić information content (AvgIpc) is 2.62. The fraction of sp³-hybridized carbons (Fsp3) is 0.625. The molecule has 8 heteroatoms. The van der Waals surface area contributed by atoms with Crippen LogP contribution in [0.1, 0.15) is 37.7 Å². The molecule has 1 aromatic rings. The van der Waals surface area contributed by atoms with Crippen molar-refractivity contribution >= 4 is 17.8 Å². The average molecular weight is 335 g/mol. The van der Waals surface area contributed by atoms with Gasteiger partial charge in [0.2, 0.25) is 0 Å². The second-order valence-corrected chi connectivity index (χ2v) is 5.74. The molecule has 1 aromatic heterocycles. The molecule has 1 unspecified atom stereocenters.